The van der Waals surface area contributed by atoms with E-state index in [1.54, 1.807) is 6.07 Å². The molecular weight excluding hydrogens is 219 g/mol. The number of phenolic OH excluding ortho intramolecular Hbond substituents is 1. The smallest absolute Gasteiger partial charge is 0.127 e. The van der Waals surface area contributed by atoms with Crippen molar-refractivity contribution in [2.75, 3.05) is 6.61 Å². The van der Waals surface area contributed by atoms with Gasteiger partial charge < -0.3 is 9.84 Å². The van der Waals surface area contributed by atoms with Gasteiger partial charge in [-0.1, -0.05) is 18.2 Å². The van der Waals surface area contributed by atoms with Crippen LogP contribution in [-0.4, -0.2) is 11.7 Å². The second kappa shape index (κ2) is 4.87. The van der Waals surface area contributed by atoms with E-state index in [9.17, 15) is 9.50 Å². The molecule has 0 aliphatic carbocycles. The first-order chi connectivity index (χ1) is 8.22. The molecule has 0 bridgehead atoms. The number of rotatable bonds is 3. The maximum Gasteiger partial charge on any atom is 0.127 e. The predicted molar refractivity (Wildman–Crippen MR) is 64.7 cm³/mol. The van der Waals surface area contributed by atoms with Gasteiger partial charge >= 0.3 is 0 Å². The summed E-state index contributed by atoms with van der Waals surface area (Å²) in [4.78, 5) is 0. The predicted octanol–water partition coefficient (Wildman–Crippen LogP) is 3.60. The Hall–Kier alpha value is -2.03. The Kier molecular flexibility index (Phi) is 3.28. The lowest BCUT2D eigenvalue weighted by atomic mass is 10.0. The molecule has 0 aromatic heterocycles. The highest BCUT2D eigenvalue weighted by molar-refractivity contribution is 5.75. The molecule has 0 amide bonds. The molecule has 1 N–H and O–H groups in total. The van der Waals surface area contributed by atoms with Crippen molar-refractivity contribution in [1.29, 1.82) is 0 Å². The zero-order valence-corrected chi connectivity index (χ0v) is 9.48. The number of para-hydroxylation sites is 1. The summed E-state index contributed by atoms with van der Waals surface area (Å²) in [6.07, 6.45) is 0. The Morgan fingerprint density at radius 1 is 1.12 bits per heavy atom. The van der Waals surface area contributed by atoms with Crippen LogP contribution in [-0.2, 0) is 0 Å². The van der Waals surface area contributed by atoms with Gasteiger partial charge in [-0.3, -0.25) is 0 Å². The number of phenols is 1. The molecule has 0 radical (unpaired) electrons. The molecule has 0 unspecified atom stereocenters. The summed E-state index contributed by atoms with van der Waals surface area (Å²) in [7, 11) is 0. The second-order valence-corrected chi connectivity index (χ2v) is 3.59. The third-order valence-corrected chi connectivity index (χ3v) is 2.44. The minimum atomic E-state index is -0.458. The molecule has 0 aliphatic rings. The lowest BCUT2D eigenvalue weighted by Gasteiger charge is -2.11. The van der Waals surface area contributed by atoms with E-state index in [0.717, 1.165) is 11.6 Å². The highest BCUT2D eigenvalue weighted by Crippen LogP contribution is 2.35. The third-order valence-electron chi connectivity index (χ3n) is 2.44. The number of ether oxygens (including phenoxy) is 1. The van der Waals surface area contributed by atoms with Crippen molar-refractivity contribution in [3.8, 4) is 22.6 Å². The molecule has 2 nitrogen and oxygen atoms in total. The number of benzene rings is 2. The van der Waals surface area contributed by atoms with Crippen molar-refractivity contribution < 1.29 is 14.2 Å². The Labute approximate surface area is 99.3 Å². The summed E-state index contributed by atoms with van der Waals surface area (Å²) >= 11 is 0. The van der Waals surface area contributed by atoms with E-state index in [1.165, 1.54) is 6.07 Å². The van der Waals surface area contributed by atoms with Crippen molar-refractivity contribution in [3.63, 3.8) is 0 Å². The van der Waals surface area contributed by atoms with Crippen LogP contribution < -0.4 is 4.74 Å². The van der Waals surface area contributed by atoms with E-state index in [1.807, 2.05) is 31.2 Å². The highest BCUT2D eigenvalue weighted by atomic mass is 19.1. The van der Waals surface area contributed by atoms with Crippen LogP contribution in [0.1, 0.15) is 6.92 Å². The Balaban J connectivity index is 2.52. The molecule has 0 spiro atoms. The van der Waals surface area contributed by atoms with Gasteiger partial charge in [0, 0.05) is 17.2 Å². The topological polar surface area (TPSA) is 29.5 Å². The first-order valence-corrected chi connectivity index (χ1v) is 5.43. The van der Waals surface area contributed by atoms with Gasteiger partial charge in [-0.2, -0.15) is 0 Å². The standard InChI is InChI=1S/C14H13FO2/c1-2-17-14-6-4-3-5-12(14)11-8-7-10(15)9-13(11)16/h3-9,16H,2H2,1H3. The minimum absolute atomic E-state index is 0.0860. The van der Waals surface area contributed by atoms with Gasteiger partial charge in [0.2, 0.25) is 0 Å². The molecular formula is C14H13FO2. The largest absolute Gasteiger partial charge is 0.507 e. The van der Waals surface area contributed by atoms with Gasteiger partial charge in [0.1, 0.15) is 17.3 Å². The monoisotopic (exact) mass is 232 g/mol. The molecule has 0 aliphatic heterocycles. The fourth-order valence-electron chi connectivity index (χ4n) is 1.70. The lowest BCUT2D eigenvalue weighted by Crippen LogP contribution is -1.94. The van der Waals surface area contributed by atoms with Gasteiger partial charge in [-0.25, -0.2) is 4.39 Å². The first kappa shape index (κ1) is 11.5. The summed E-state index contributed by atoms with van der Waals surface area (Å²) in [5.74, 6) is 0.134. The van der Waals surface area contributed by atoms with E-state index < -0.39 is 5.82 Å². The van der Waals surface area contributed by atoms with Crippen LogP contribution in [0.3, 0.4) is 0 Å². The summed E-state index contributed by atoms with van der Waals surface area (Å²) in [5.41, 5.74) is 1.32. The van der Waals surface area contributed by atoms with E-state index in [0.29, 0.717) is 17.9 Å². The lowest BCUT2D eigenvalue weighted by molar-refractivity contribution is 0.341. The van der Waals surface area contributed by atoms with E-state index in [4.69, 9.17) is 4.74 Å². The van der Waals surface area contributed by atoms with Crippen LogP contribution in [0.15, 0.2) is 42.5 Å². The van der Waals surface area contributed by atoms with Gasteiger partial charge in [-0.05, 0) is 25.1 Å². The van der Waals surface area contributed by atoms with Crippen LogP contribution in [0.4, 0.5) is 4.39 Å². The zero-order chi connectivity index (χ0) is 12.3. The van der Waals surface area contributed by atoms with Crippen LogP contribution in [0.25, 0.3) is 11.1 Å². The Morgan fingerprint density at radius 3 is 2.59 bits per heavy atom. The molecule has 3 heteroatoms. The van der Waals surface area contributed by atoms with Crippen molar-refractivity contribution in [2.24, 2.45) is 0 Å². The summed E-state index contributed by atoms with van der Waals surface area (Å²) in [5, 5.41) is 9.74. The molecule has 0 saturated heterocycles. The average molecular weight is 232 g/mol. The van der Waals surface area contributed by atoms with E-state index in [-0.39, 0.29) is 5.75 Å². The molecule has 0 fully saturated rings. The molecule has 17 heavy (non-hydrogen) atoms. The van der Waals surface area contributed by atoms with Crippen LogP contribution in [0, 0.1) is 5.82 Å². The van der Waals surface area contributed by atoms with Crippen molar-refractivity contribution >= 4 is 0 Å². The number of hydrogen-bond donors (Lipinski definition) is 1. The molecule has 0 heterocycles. The minimum Gasteiger partial charge on any atom is -0.507 e. The summed E-state index contributed by atoms with van der Waals surface area (Å²) < 4.78 is 18.4. The number of hydrogen-bond acceptors (Lipinski definition) is 2. The fourth-order valence-corrected chi connectivity index (χ4v) is 1.70. The highest BCUT2D eigenvalue weighted by Gasteiger charge is 2.10. The average Bonchev–Trinajstić information content (AvgIpc) is 2.31. The van der Waals surface area contributed by atoms with Crippen molar-refractivity contribution in [2.45, 2.75) is 6.92 Å². The Morgan fingerprint density at radius 2 is 1.88 bits per heavy atom. The second-order valence-electron chi connectivity index (χ2n) is 3.59. The normalized spacial score (nSPS) is 10.2. The molecule has 0 saturated carbocycles. The molecule has 0 atom stereocenters. The SMILES string of the molecule is CCOc1ccccc1-c1ccc(F)cc1O. The number of aromatic hydroxyl groups is 1. The van der Waals surface area contributed by atoms with E-state index >= 15 is 0 Å². The van der Waals surface area contributed by atoms with Crippen molar-refractivity contribution in [1.82, 2.24) is 0 Å². The molecule has 2 rings (SSSR count). The van der Waals surface area contributed by atoms with Gasteiger partial charge in [0.25, 0.3) is 0 Å². The van der Waals surface area contributed by atoms with Crippen LogP contribution >= 0.6 is 0 Å². The Bertz CT molecular complexity index is 523. The quantitative estimate of drug-likeness (QED) is 0.876. The maximum atomic E-state index is 12.9. The molecule has 88 valence electrons. The van der Waals surface area contributed by atoms with E-state index in [2.05, 4.69) is 0 Å². The maximum absolute atomic E-state index is 12.9. The van der Waals surface area contributed by atoms with Gasteiger partial charge in [0.05, 0.1) is 6.61 Å². The van der Waals surface area contributed by atoms with Crippen LogP contribution in [0.2, 0.25) is 0 Å². The van der Waals surface area contributed by atoms with Crippen LogP contribution in [0.5, 0.6) is 11.5 Å². The van der Waals surface area contributed by atoms with Gasteiger partial charge in [-0.15, -0.1) is 0 Å². The van der Waals surface area contributed by atoms with Crippen molar-refractivity contribution in [3.05, 3.63) is 48.3 Å². The first-order valence-electron chi connectivity index (χ1n) is 5.43. The summed E-state index contributed by atoms with van der Waals surface area (Å²) in [6, 6.07) is 11.3. The molecule has 2 aromatic rings. The summed E-state index contributed by atoms with van der Waals surface area (Å²) in [6.45, 7) is 2.43. The number of halogens is 1. The fraction of sp³-hybridized carbons (Fsp3) is 0.143. The third kappa shape index (κ3) is 2.38. The van der Waals surface area contributed by atoms with Gasteiger partial charge in [0.15, 0.2) is 0 Å². The molecule has 2 aromatic carbocycles. The zero-order valence-electron chi connectivity index (χ0n) is 9.48.